The highest BCUT2D eigenvalue weighted by atomic mass is 16.6. The molecule has 0 heterocycles. The molecule has 0 aromatic heterocycles. The van der Waals surface area contributed by atoms with E-state index in [0.717, 1.165) is 135 Å². The smallest absolute Gasteiger partial charge is 0.306 e. The summed E-state index contributed by atoms with van der Waals surface area (Å²) in [6, 6.07) is 0. The van der Waals surface area contributed by atoms with Crippen LogP contribution in [0.1, 0.15) is 278 Å². The summed E-state index contributed by atoms with van der Waals surface area (Å²) in [6.07, 6.45) is 82.2. The number of allylic oxidation sites excluding steroid dienone is 18. The second-order valence-electron chi connectivity index (χ2n) is 19.9. The van der Waals surface area contributed by atoms with Crippen molar-refractivity contribution >= 4 is 17.9 Å². The molecule has 6 nitrogen and oxygen atoms in total. The maximum absolute atomic E-state index is 12.9. The fourth-order valence-corrected chi connectivity index (χ4v) is 8.18. The third kappa shape index (κ3) is 58.8. The summed E-state index contributed by atoms with van der Waals surface area (Å²) in [5, 5.41) is 0. The highest BCUT2D eigenvalue weighted by Crippen LogP contribution is 2.15. The largest absolute Gasteiger partial charge is 0.462 e. The summed E-state index contributed by atoms with van der Waals surface area (Å²) in [5.74, 6) is -0.921. The lowest BCUT2D eigenvalue weighted by molar-refractivity contribution is -0.167. The van der Waals surface area contributed by atoms with Gasteiger partial charge in [-0.15, -0.1) is 0 Å². The molecule has 0 aliphatic carbocycles. The minimum absolute atomic E-state index is 0.0929. The van der Waals surface area contributed by atoms with Gasteiger partial charge in [-0.1, -0.05) is 239 Å². The van der Waals surface area contributed by atoms with Crippen molar-refractivity contribution in [1.29, 1.82) is 0 Å². The molecule has 73 heavy (non-hydrogen) atoms. The van der Waals surface area contributed by atoms with Crippen molar-refractivity contribution in [3.63, 3.8) is 0 Å². The highest BCUT2D eigenvalue weighted by molar-refractivity contribution is 5.71. The predicted octanol–water partition coefficient (Wildman–Crippen LogP) is 20.7. The van der Waals surface area contributed by atoms with E-state index in [0.29, 0.717) is 19.3 Å². The molecule has 0 amide bonds. The molecule has 0 saturated carbocycles. The van der Waals surface area contributed by atoms with E-state index in [9.17, 15) is 14.4 Å². The van der Waals surface area contributed by atoms with E-state index in [1.54, 1.807) is 0 Å². The third-order valence-corrected chi connectivity index (χ3v) is 12.7. The van der Waals surface area contributed by atoms with Crippen LogP contribution in [-0.2, 0) is 28.6 Å². The van der Waals surface area contributed by atoms with Gasteiger partial charge in [0.25, 0.3) is 0 Å². The van der Waals surface area contributed by atoms with Gasteiger partial charge in [-0.3, -0.25) is 14.4 Å². The van der Waals surface area contributed by atoms with Gasteiger partial charge in [0.15, 0.2) is 6.10 Å². The van der Waals surface area contributed by atoms with E-state index in [2.05, 4.69) is 130 Å². The van der Waals surface area contributed by atoms with Crippen LogP contribution in [0.5, 0.6) is 0 Å². The number of ether oxygens (including phenoxy) is 3. The maximum atomic E-state index is 12.9. The van der Waals surface area contributed by atoms with Crippen LogP contribution in [-0.4, -0.2) is 37.2 Å². The van der Waals surface area contributed by atoms with Crippen molar-refractivity contribution in [3.05, 3.63) is 109 Å². The second-order valence-corrected chi connectivity index (χ2v) is 19.9. The van der Waals surface area contributed by atoms with Crippen molar-refractivity contribution < 1.29 is 28.6 Å². The predicted molar refractivity (Wildman–Crippen MR) is 316 cm³/mol. The minimum atomic E-state index is -0.796. The standard InChI is InChI=1S/C67H112O6/c1-4-7-10-13-16-19-22-25-28-30-31-32-33-34-35-37-39-42-45-48-51-54-57-60-66(69)72-63-64(62-71-65(68)59-56-53-50-47-44-41-38-27-24-21-18-15-12-9-6-3)73-67(70)61-58-55-52-49-46-43-40-36-29-26-23-20-17-14-11-8-5-2/h7,10,16-21,25-29,31-32,34-35,38,64H,4-6,8-9,11-15,22-24,30,33,36-37,39-63H2,1-3H3/b10-7-,19-16-,20-17-,21-18-,28-25-,29-26-,32-31-,35-34-,38-27-. The lowest BCUT2D eigenvalue weighted by atomic mass is 10.1. The zero-order valence-corrected chi connectivity index (χ0v) is 47.6. The van der Waals surface area contributed by atoms with Crippen LogP contribution < -0.4 is 0 Å². The molecule has 0 aliphatic heterocycles. The van der Waals surface area contributed by atoms with Crippen LogP contribution in [0.4, 0.5) is 0 Å². The first-order chi connectivity index (χ1) is 36.0. The average Bonchev–Trinajstić information content (AvgIpc) is 3.39. The first-order valence-corrected chi connectivity index (χ1v) is 30.4. The van der Waals surface area contributed by atoms with Gasteiger partial charge >= 0.3 is 17.9 Å². The summed E-state index contributed by atoms with van der Waals surface area (Å²) in [7, 11) is 0. The Hall–Kier alpha value is -3.93. The van der Waals surface area contributed by atoms with E-state index >= 15 is 0 Å². The Bertz CT molecular complexity index is 1490. The number of carbonyl (C=O) groups is 3. The van der Waals surface area contributed by atoms with Gasteiger partial charge in [-0.25, -0.2) is 0 Å². The summed E-state index contributed by atoms with van der Waals surface area (Å²) in [4.78, 5) is 38.3. The molecule has 0 bridgehead atoms. The van der Waals surface area contributed by atoms with Crippen LogP contribution in [0.25, 0.3) is 0 Å². The van der Waals surface area contributed by atoms with Crippen LogP contribution in [0, 0.1) is 0 Å². The van der Waals surface area contributed by atoms with Crippen molar-refractivity contribution in [2.75, 3.05) is 13.2 Å². The van der Waals surface area contributed by atoms with Crippen molar-refractivity contribution in [3.8, 4) is 0 Å². The number of unbranched alkanes of at least 4 members (excludes halogenated alkanes) is 25. The Morgan fingerprint density at radius 3 is 0.836 bits per heavy atom. The van der Waals surface area contributed by atoms with Crippen LogP contribution in [0.2, 0.25) is 0 Å². The molecule has 0 spiro atoms. The van der Waals surface area contributed by atoms with Crippen LogP contribution in [0.3, 0.4) is 0 Å². The maximum Gasteiger partial charge on any atom is 0.306 e. The number of rotatable bonds is 54. The second kappa shape index (κ2) is 60.6. The molecule has 0 aromatic carbocycles. The summed E-state index contributed by atoms with van der Waals surface area (Å²) < 4.78 is 16.9. The zero-order valence-electron chi connectivity index (χ0n) is 47.6. The van der Waals surface area contributed by atoms with Gasteiger partial charge in [0.05, 0.1) is 0 Å². The lowest BCUT2D eigenvalue weighted by Gasteiger charge is -2.18. The van der Waals surface area contributed by atoms with Crippen LogP contribution in [0.15, 0.2) is 109 Å². The van der Waals surface area contributed by atoms with E-state index in [-0.39, 0.29) is 31.1 Å². The summed E-state index contributed by atoms with van der Waals surface area (Å²) >= 11 is 0. The first-order valence-electron chi connectivity index (χ1n) is 30.4. The van der Waals surface area contributed by atoms with E-state index in [1.165, 1.54) is 103 Å². The van der Waals surface area contributed by atoms with Gasteiger partial charge in [-0.2, -0.15) is 0 Å². The molecule has 0 N–H and O–H groups in total. The number of esters is 3. The topological polar surface area (TPSA) is 78.9 Å². The van der Waals surface area contributed by atoms with E-state index < -0.39 is 6.10 Å². The molecule has 0 saturated heterocycles. The molecule has 416 valence electrons. The Kier molecular flexibility index (Phi) is 57.4. The van der Waals surface area contributed by atoms with Crippen LogP contribution >= 0.6 is 0 Å². The van der Waals surface area contributed by atoms with Crippen molar-refractivity contribution in [1.82, 2.24) is 0 Å². The molecule has 0 fully saturated rings. The van der Waals surface area contributed by atoms with Gasteiger partial charge < -0.3 is 14.2 Å². The van der Waals surface area contributed by atoms with Gasteiger partial charge in [0.1, 0.15) is 13.2 Å². The van der Waals surface area contributed by atoms with Gasteiger partial charge in [0, 0.05) is 19.3 Å². The molecule has 0 rings (SSSR count). The number of hydrogen-bond donors (Lipinski definition) is 0. The summed E-state index contributed by atoms with van der Waals surface area (Å²) in [5.41, 5.74) is 0. The monoisotopic (exact) mass is 1010 g/mol. The molecule has 0 aliphatic rings. The van der Waals surface area contributed by atoms with E-state index in [1.807, 2.05) is 0 Å². The molecule has 6 heteroatoms. The highest BCUT2D eigenvalue weighted by Gasteiger charge is 2.19. The third-order valence-electron chi connectivity index (χ3n) is 12.7. The first kappa shape index (κ1) is 69.1. The average molecular weight is 1010 g/mol. The number of hydrogen-bond acceptors (Lipinski definition) is 6. The Labute approximate surface area is 450 Å². The van der Waals surface area contributed by atoms with Crippen molar-refractivity contribution in [2.45, 2.75) is 284 Å². The fraction of sp³-hybridized carbons (Fsp3) is 0.687. The molecule has 0 aromatic rings. The normalized spacial score (nSPS) is 12.9. The molecule has 1 atom stereocenters. The Balaban J connectivity index is 4.42. The quantitative estimate of drug-likeness (QED) is 0.0261. The molecule has 0 radical (unpaired) electrons. The lowest BCUT2D eigenvalue weighted by Crippen LogP contribution is -2.30. The SMILES string of the molecule is CC/C=C\C/C=C\C/C=C\C/C=C\C/C=C\CCCCCCCCCC(=O)OCC(COC(=O)CCCCCCC/C=C\C/C=C\CCCCC)OC(=O)CCCCCCCCC/C=C\C/C=C\CCCCC. The fourth-order valence-electron chi connectivity index (χ4n) is 8.18. The molecular weight excluding hydrogens is 901 g/mol. The Morgan fingerprint density at radius 1 is 0.288 bits per heavy atom. The summed E-state index contributed by atoms with van der Waals surface area (Å²) in [6.45, 7) is 6.46. The van der Waals surface area contributed by atoms with Gasteiger partial charge in [0.2, 0.25) is 0 Å². The zero-order chi connectivity index (χ0) is 52.9. The number of carbonyl (C=O) groups excluding carboxylic acids is 3. The van der Waals surface area contributed by atoms with Crippen molar-refractivity contribution in [2.24, 2.45) is 0 Å². The molecule has 1 unspecified atom stereocenters. The minimum Gasteiger partial charge on any atom is -0.462 e. The molecular formula is C67H112O6. The Morgan fingerprint density at radius 2 is 0.534 bits per heavy atom. The van der Waals surface area contributed by atoms with Gasteiger partial charge in [-0.05, 0) is 128 Å². The van der Waals surface area contributed by atoms with E-state index in [4.69, 9.17) is 14.2 Å².